The number of hydrogen-bond acceptors (Lipinski definition) is 6. The van der Waals surface area contributed by atoms with E-state index >= 15 is 0 Å². The van der Waals surface area contributed by atoms with Crippen molar-refractivity contribution in [3.05, 3.63) is 34.4 Å². The van der Waals surface area contributed by atoms with E-state index in [-0.39, 0.29) is 5.56 Å². The van der Waals surface area contributed by atoms with Gasteiger partial charge in [-0.05, 0) is 18.9 Å². The molecule has 2 aliphatic rings. The van der Waals surface area contributed by atoms with Gasteiger partial charge in [0.2, 0.25) is 0 Å². The van der Waals surface area contributed by atoms with Crippen molar-refractivity contribution in [3.63, 3.8) is 0 Å². The van der Waals surface area contributed by atoms with Crippen LogP contribution in [0, 0.1) is 5.92 Å². The van der Waals surface area contributed by atoms with Crippen LogP contribution < -0.4 is 10.5 Å². The number of nitrogens with zero attached hydrogens (tertiary/aromatic N) is 5. The maximum atomic E-state index is 11.9. The quantitative estimate of drug-likeness (QED) is 0.843. The third-order valence-corrected chi connectivity index (χ3v) is 4.41. The summed E-state index contributed by atoms with van der Waals surface area (Å²) in [5.74, 6) is 2.00. The maximum absolute atomic E-state index is 11.9. The van der Waals surface area contributed by atoms with E-state index in [2.05, 4.69) is 18.7 Å². The third kappa shape index (κ3) is 2.22. The number of anilines is 1. The van der Waals surface area contributed by atoms with Crippen molar-refractivity contribution in [1.82, 2.24) is 18.5 Å². The molecule has 0 N–H and O–H groups in total. The summed E-state index contributed by atoms with van der Waals surface area (Å²) in [7, 11) is 0. The molecule has 2 fully saturated rings. The molecule has 0 aromatic carbocycles. The van der Waals surface area contributed by atoms with E-state index in [1.165, 1.54) is 24.6 Å². The van der Waals surface area contributed by atoms with E-state index < -0.39 is 0 Å². The average Bonchev–Trinajstić information content (AvgIpc) is 3.11. The Morgan fingerprint density at radius 1 is 1.30 bits per heavy atom. The van der Waals surface area contributed by atoms with Gasteiger partial charge < -0.3 is 4.90 Å². The lowest BCUT2D eigenvalue weighted by molar-refractivity contribution is 0.331. The summed E-state index contributed by atoms with van der Waals surface area (Å²) in [6, 6.07) is 3.53. The zero-order valence-corrected chi connectivity index (χ0v) is 11.8. The summed E-state index contributed by atoms with van der Waals surface area (Å²) in [5.41, 5.74) is 1.08. The molecular weight excluding hydrogens is 274 g/mol. The van der Waals surface area contributed by atoms with Gasteiger partial charge in [-0.1, -0.05) is 0 Å². The van der Waals surface area contributed by atoms with Crippen molar-refractivity contribution < 1.29 is 0 Å². The largest absolute Gasteiger partial charge is 0.354 e. The number of hydrogen-bond donors (Lipinski definition) is 0. The Bertz CT molecular complexity index is 658. The van der Waals surface area contributed by atoms with E-state index in [4.69, 9.17) is 0 Å². The molecule has 1 saturated carbocycles. The molecule has 1 saturated heterocycles. The summed E-state index contributed by atoms with van der Waals surface area (Å²) in [6.07, 6.45) is 4.21. The van der Waals surface area contributed by atoms with Crippen molar-refractivity contribution in [3.8, 4) is 0 Å². The minimum atomic E-state index is 0.00294. The summed E-state index contributed by atoms with van der Waals surface area (Å²) < 4.78 is 9.86. The van der Waals surface area contributed by atoms with Crippen molar-refractivity contribution in [1.29, 1.82) is 0 Å². The van der Waals surface area contributed by atoms with E-state index in [9.17, 15) is 4.79 Å². The molecule has 0 amide bonds. The van der Waals surface area contributed by atoms with Crippen LogP contribution in [0.4, 0.5) is 5.82 Å². The van der Waals surface area contributed by atoms with Crippen LogP contribution in [-0.2, 0) is 6.54 Å². The van der Waals surface area contributed by atoms with Gasteiger partial charge in [-0.3, -0.25) is 4.79 Å². The van der Waals surface area contributed by atoms with Crippen LogP contribution in [-0.4, -0.2) is 31.6 Å². The van der Waals surface area contributed by atoms with Crippen LogP contribution in [0.25, 0.3) is 0 Å². The van der Waals surface area contributed by atoms with Crippen molar-refractivity contribution in [2.45, 2.75) is 25.3 Å². The molecule has 0 spiro atoms. The summed E-state index contributed by atoms with van der Waals surface area (Å²) >= 11 is 1.23. The Hall–Kier alpha value is -1.76. The second-order valence-electron chi connectivity index (χ2n) is 5.59. The van der Waals surface area contributed by atoms with Crippen LogP contribution in [0.2, 0.25) is 0 Å². The van der Waals surface area contributed by atoms with Gasteiger partial charge in [-0.25, -0.2) is 4.68 Å². The van der Waals surface area contributed by atoms with Crippen LogP contribution in [0.5, 0.6) is 0 Å². The van der Waals surface area contributed by atoms with E-state index in [0.29, 0.717) is 18.4 Å². The molecule has 7 heteroatoms. The molecule has 4 rings (SSSR count). The topological polar surface area (TPSA) is 63.9 Å². The normalized spacial score (nSPS) is 19.1. The van der Waals surface area contributed by atoms with E-state index in [0.717, 1.165) is 24.6 Å². The zero-order valence-electron chi connectivity index (χ0n) is 11.0. The first kappa shape index (κ1) is 12.0. The molecule has 0 bridgehead atoms. The summed E-state index contributed by atoms with van der Waals surface area (Å²) in [4.78, 5) is 14.1. The molecule has 104 valence electrons. The second-order valence-corrected chi connectivity index (χ2v) is 6.15. The lowest BCUT2D eigenvalue weighted by atomic mass is 10.0. The predicted molar refractivity (Wildman–Crippen MR) is 76.1 cm³/mol. The van der Waals surface area contributed by atoms with Gasteiger partial charge >= 0.3 is 0 Å². The fourth-order valence-corrected chi connectivity index (χ4v) is 3.04. The minimum Gasteiger partial charge on any atom is -0.354 e. The molecule has 1 aliphatic carbocycles. The lowest BCUT2D eigenvalue weighted by Gasteiger charge is -2.39. The minimum absolute atomic E-state index is 0.00294. The first-order valence-corrected chi connectivity index (χ1v) is 7.63. The van der Waals surface area contributed by atoms with Gasteiger partial charge in [0.25, 0.3) is 5.56 Å². The molecule has 1 aliphatic heterocycles. The lowest BCUT2D eigenvalue weighted by Crippen LogP contribution is -2.49. The van der Waals surface area contributed by atoms with E-state index in [1.54, 1.807) is 16.9 Å². The molecule has 3 heterocycles. The molecule has 0 radical (unpaired) electrons. The maximum Gasteiger partial charge on any atom is 0.266 e. The zero-order chi connectivity index (χ0) is 13.5. The SMILES string of the molecule is O=c1ccc(C2CC2)nn1CC1CN(c2cnsn2)C1. The van der Waals surface area contributed by atoms with E-state index in [1.807, 2.05) is 6.07 Å². The van der Waals surface area contributed by atoms with Crippen molar-refractivity contribution in [2.75, 3.05) is 18.0 Å². The molecule has 0 unspecified atom stereocenters. The van der Waals surface area contributed by atoms with Crippen LogP contribution in [0.15, 0.2) is 23.1 Å². The van der Waals surface area contributed by atoms with Gasteiger partial charge in [-0.15, -0.1) is 0 Å². The fraction of sp³-hybridized carbons (Fsp3) is 0.538. The first-order chi connectivity index (χ1) is 9.79. The van der Waals surface area contributed by atoms with Crippen molar-refractivity contribution >= 4 is 17.5 Å². The average molecular weight is 289 g/mol. The highest BCUT2D eigenvalue weighted by atomic mass is 32.1. The fourth-order valence-electron chi connectivity index (χ4n) is 2.61. The highest BCUT2D eigenvalue weighted by molar-refractivity contribution is 6.99. The highest BCUT2D eigenvalue weighted by Gasteiger charge is 2.30. The molecular formula is C13H15N5OS. The number of aromatic nitrogens is 4. The Balaban J connectivity index is 1.43. The Morgan fingerprint density at radius 2 is 2.15 bits per heavy atom. The smallest absolute Gasteiger partial charge is 0.266 e. The molecule has 0 atom stereocenters. The molecule has 2 aromatic rings. The van der Waals surface area contributed by atoms with Gasteiger partial charge in [0.1, 0.15) is 0 Å². The van der Waals surface area contributed by atoms with Gasteiger partial charge in [0.15, 0.2) is 5.82 Å². The monoisotopic (exact) mass is 289 g/mol. The van der Waals surface area contributed by atoms with Gasteiger partial charge in [0.05, 0.1) is 30.2 Å². The summed E-state index contributed by atoms with van der Waals surface area (Å²) in [5, 5.41) is 4.50. The van der Waals surface area contributed by atoms with Crippen molar-refractivity contribution in [2.24, 2.45) is 5.92 Å². The Kier molecular flexibility index (Phi) is 2.80. The summed E-state index contributed by atoms with van der Waals surface area (Å²) in [6.45, 7) is 2.55. The van der Waals surface area contributed by atoms with Gasteiger partial charge in [-0.2, -0.15) is 13.8 Å². The molecule has 20 heavy (non-hydrogen) atoms. The second kappa shape index (κ2) is 4.66. The Labute approximate surface area is 120 Å². The van der Waals surface area contributed by atoms with Gasteiger partial charge in [0, 0.05) is 31.0 Å². The molecule has 2 aromatic heterocycles. The van der Waals surface area contributed by atoms with Crippen LogP contribution in [0.3, 0.4) is 0 Å². The van der Waals surface area contributed by atoms with Crippen LogP contribution in [0.1, 0.15) is 24.5 Å². The van der Waals surface area contributed by atoms with Crippen LogP contribution >= 0.6 is 11.7 Å². The predicted octanol–water partition coefficient (Wildman–Crippen LogP) is 1.11. The third-order valence-electron chi connectivity index (χ3n) is 3.94. The standard InChI is InChI=1S/C13H15N5OS/c19-13-4-3-11(10-1-2-10)15-18(13)8-9-6-17(7-9)12-5-14-20-16-12/h3-5,9-10H,1-2,6-8H2. The number of rotatable bonds is 4. The highest BCUT2D eigenvalue weighted by Crippen LogP contribution is 2.38. The first-order valence-electron chi connectivity index (χ1n) is 6.90. The molecule has 6 nitrogen and oxygen atoms in total. The Morgan fingerprint density at radius 3 is 2.85 bits per heavy atom.